The van der Waals surface area contributed by atoms with Crippen LogP contribution >= 0.6 is 0 Å². The van der Waals surface area contributed by atoms with Gasteiger partial charge in [-0.15, -0.1) is 0 Å². The first-order valence-electron chi connectivity index (χ1n) is 12.2. The molecule has 0 spiro atoms. The maximum atomic E-state index is 12.9. The second kappa shape index (κ2) is 13.6. The minimum Gasteiger partial charge on any atom is -0.310 e. The normalized spacial score (nSPS) is 14.2. The van der Waals surface area contributed by atoms with Crippen LogP contribution in [0.15, 0.2) is 117 Å². The highest BCUT2D eigenvalue weighted by Crippen LogP contribution is 2.18. The fourth-order valence-electron chi connectivity index (χ4n) is 3.64. The number of amidine groups is 1. The largest absolute Gasteiger partial charge is 0.310 e. The van der Waals surface area contributed by atoms with Crippen LogP contribution in [0.1, 0.15) is 48.7 Å². The summed E-state index contributed by atoms with van der Waals surface area (Å²) in [4.78, 5) is 17.4. The average Bonchev–Trinajstić information content (AvgIpc) is 3.11. The number of azo groups is 1. The van der Waals surface area contributed by atoms with Gasteiger partial charge in [0.25, 0.3) is 5.91 Å². The molecule has 0 fully saturated rings. The van der Waals surface area contributed by atoms with Crippen molar-refractivity contribution in [2.24, 2.45) is 20.3 Å². The zero-order valence-corrected chi connectivity index (χ0v) is 22.0. The lowest BCUT2D eigenvalue weighted by molar-refractivity contribution is 0.0976. The topological polar surface area (TPSA) is 81.8 Å². The summed E-state index contributed by atoms with van der Waals surface area (Å²) in [6.45, 7) is 12.8. The van der Waals surface area contributed by atoms with Gasteiger partial charge in [0.15, 0.2) is 0 Å². The number of hydrazone groups is 1. The molecule has 2 aromatic rings. The first-order chi connectivity index (χ1) is 17.9. The quantitative estimate of drug-likeness (QED) is 0.176. The Labute approximate surface area is 219 Å². The third-order valence-corrected chi connectivity index (χ3v) is 5.57. The van der Waals surface area contributed by atoms with Gasteiger partial charge >= 0.3 is 0 Å². The number of carbonyl (C=O) groups is 1. The summed E-state index contributed by atoms with van der Waals surface area (Å²) in [5, 5.41) is 17.8. The second-order valence-electron chi connectivity index (χ2n) is 8.73. The van der Waals surface area contributed by atoms with E-state index in [1.807, 2.05) is 69.3 Å². The van der Waals surface area contributed by atoms with Gasteiger partial charge in [-0.25, -0.2) is 4.99 Å². The van der Waals surface area contributed by atoms with Crippen molar-refractivity contribution in [1.29, 1.82) is 0 Å². The van der Waals surface area contributed by atoms with E-state index < -0.39 is 0 Å². The first kappa shape index (κ1) is 27.2. The van der Waals surface area contributed by atoms with Gasteiger partial charge in [0.2, 0.25) is 0 Å². The molecule has 7 heteroatoms. The Hall–Kier alpha value is -4.39. The van der Waals surface area contributed by atoms with Crippen LogP contribution in [-0.4, -0.2) is 29.0 Å². The number of carbonyl (C=O) groups excluding carboxylic acids is 1. The molecule has 2 aromatic carbocycles. The molecule has 3 rings (SSSR count). The highest BCUT2D eigenvalue weighted by atomic mass is 16.1. The van der Waals surface area contributed by atoms with Gasteiger partial charge < -0.3 is 5.32 Å². The van der Waals surface area contributed by atoms with E-state index >= 15 is 0 Å². The Morgan fingerprint density at radius 1 is 1.19 bits per heavy atom. The maximum absolute atomic E-state index is 12.9. The van der Waals surface area contributed by atoms with Gasteiger partial charge in [0.1, 0.15) is 5.84 Å². The molecule has 0 radical (unpaired) electrons. The molecular weight excluding hydrogens is 460 g/mol. The van der Waals surface area contributed by atoms with E-state index in [2.05, 4.69) is 39.3 Å². The van der Waals surface area contributed by atoms with Gasteiger partial charge in [0.05, 0.1) is 30.7 Å². The molecule has 0 saturated heterocycles. The van der Waals surface area contributed by atoms with Crippen LogP contribution < -0.4 is 5.32 Å². The number of hydrogen-bond donors (Lipinski definition) is 1. The van der Waals surface area contributed by atoms with E-state index in [1.165, 1.54) is 0 Å². The Balaban J connectivity index is 1.78. The summed E-state index contributed by atoms with van der Waals surface area (Å²) in [6, 6.07) is 15.3. The minimum absolute atomic E-state index is 0.214. The lowest BCUT2D eigenvalue weighted by Gasteiger charge is -2.17. The minimum atomic E-state index is -0.214. The molecule has 1 aliphatic rings. The lowest BCUT2D eigenvalue weighted by Crippen LogP contribution is -2.28. The number of para-hydroxylation sites is 1. The highest BCUT2D eigenvalue weighted by molar-refractivity contribution is 6.06. The molecule has 0 atom stereocenters. The molecule has 7 nitrogen and oxygen atoms in total. The maximum Gasteiger partial charge on any atom is 0.256 e. The van der Waals surface area contributed by atoms with E-state index in [0.717, 1.165) is 33.7 Å². The Morgan fingerprint density at radius 2 is 2.00 bits per heavy atom. The van der Waals surface area contributed by atoms with Gasteiger partial charge in [-0.05, 0) is 62.6 Å². The van der Waals surface area contributed by atoms with E-state index in [0.29, 0.717) is 30.9 Å². The molecular formula is C30H34N6O. The fraction of sp³-hybridized carbons (Fsp3) is 0.233. The van der Waals surface area contributed by atoms with Gasteiger partial charge in [-0.2, -0.15) is 15.3 Å². The van der Waals surface area contributed by atoms with Crippen LogP contribution in [0.4, 0.5) is 5.69 Å². The van der Waals surface area contributed by atoms with Crippen LogP contribution in [0.5, 0.6) is 0 Å². The summed E-state index contributed by atoms with van der Waals surface area (Å²) in [5.41, 5.74) is 6.24. The van der Waals surface area contributed by atoms with E-state index in [9.17, 15) is 4.79 Å². The molecule has 0 bridgehead atoms. The van der Waals surface area contributed by atoms with E-state index in [1.54, 1.807) is 30.4 Å². The van der Waals surface area contributed by atoms with Crippen molar-refractivity contribution in [2.75, 3.05) is 6.54 Å². The van der Waals surface area contributed by atoms with Crippen molar-refractivity contribution in [3.05, 3.63) is 114 Å². The van der Waals surface area contributed by atoms with Gasteiger partial charge in [-0.1, -0.05) is 55.1 Å². The van der Waals surface area contributed by atoms with Crippen LogP contribution in [0.3, 0.4) is 0 Å². The van der Waals surface area contributed by atoms with E-state index in [-0.39, 0.29) is 5.91 Å². The second-order valence-corrected chi connectivity index (χ2v) is 8.73. The van der Waals surface area contributed by atoms with Crippen molar-refractivity contribution in [1.82, 2.24) is 10.3 Å². The summed E-state index contributed by atoms with van der Waals surface area (Å²) in [5.74, 6) is 0.321. The monoisotopic (exact) mass is 494 g/mol. The zero-order valence-electron chi connectivity index (χ0n) is 22.0. The van der Waals surface area contributed by atoms with Crippen molar-refractivity contribution in [3.63, 3.8) is 0 Å². The summed E-state index contributed by atoms with van der Waals surface area (Å²) in [6.07, 6.45) is 10.2. The molecule has 190 valence electrons. The first-order valence-corrected chi connectivity index (χ1v) is 12.2. The van der Waals surface area contributed by atoms with Crippen LogP contribution in [0.25, 0.3) is 0 Å². The number of aliphatic imine (C=N–C) groups is 1. The predicted molar refractivity (Wildman–Crippen MR) is 152 cm³/mol. The van der Waals surface area contributed by atoms with Crippen molar-refractivity contribution in [3.8, 4) is 0 Å². The Kier molecular flexibility index (Phi) is 10.0. The molecule has 1 aliphatic heterocycles. The number of nitrogens with one attached hydrogen (secondary N) is 1. The lowest BCUT2D eigenvalue weighted by atomic mass is 10.1. The molecule has 0 saturated carbocycles. The van der Waals surface area contributed by atoms with Crippen molar-refractivity contribution >= 4 is 23.1 Å². The molecule has 1 N–H and O–H groups in total. The summed E-state index contributed by atoms with van der Waals surface area (Å²) in [7, 11) is 0. The third-order valence-electron chi connectivity index (χ3n) is 5.57. The number of aryl methyl sites for hydroxylation is 1. The fourth-order valence-corrected chi connectivity index (χ4v) is 3.64. The number of benzene rings is 2. The Bertz CT molecular complexity index is 1310. The van der Waals surface area contributed by atoms with E-state index in [4.69, 9.17) is 5.10 Å². The number of allylic oxidation sites excluding steroid dienone is 4. The van der Waals surface area contributed by atoms with Crippen molar-refractivity contribution in [2.45, 2.75) is 40.7 Å². The number of amides is 1. The summed E-state index contributed by atoms with van der Waals surface area (Å²) < 4.78 is 0. The Morgan fingerprint density at radius 3 is 2.76 bits per heavy atom. The average molecular weight is 495 g/mol. The van der Waals surface area contributed by atoms with Crippen molar-refractivity contribution < 1.29 is 4.79 Å². The molecule has 0 unspecified atom stereocenters. The zero-order chi connectivity index (χ0) is 26.6. The molecule has 37 heavy (non-hydrogen) atoms. The third kappa shape index (κ3) is 8.35. The van der Waals surface area contributed by atoms with Gasteiger partial charge in [-0.3, -0.25) is 9.80 Å². The van der Waals surface area contributed by atoms with Crippen LogP contribution in [0, 0.1) is 6.92 Å². The van der Waals surface area contributed by atoms with Crippen LogP contribution in [0.2, 0.25) is 0 Å². The SMILES string of the molecule is C=CN(Cc1cccc(C(=O)NC(C)=Nc2ccccc2C)c1)/N=C(\C/C=C\C)C1=CN=NCC(C)=C1. The molecule has 0 aliphatic carbocycles. The predicted octanol–water partition coefficient (Wildman–Crippen LogP) is 7.04. The molecule has 1 amide bonds. The van der Waals surface area contributed by atoms with Gasteiger partial charge in [0, 0.05) is 23.8 Å². The van der Waals surface area contributed by atoms with Crippen LogP contribution in [-0.2, 0) is 6.54 Å². The standard InChI is InChI=1S/C30H34N6O/c1-6-8-15-29(27-17-22(3)19-31-32-20-27)35-36(7-2)21-25-13-11-14-26(18-25)30(37)34-24(5)33-28-16-10-9-12-23(28)4/h6-14,16-18,20H,2,15,19,21H2,1,3-5H3,(H,33,34,37)/b8-6-,35-29+. The highest BCUT2D eigenvalue weighted by Gasteiger charge is 2.11. The summed E-state index contributed by atoms with van der Waals surface area (Å²) >= 11 is 0. The molecule has 0 aromatic heterocycles. The number of nitrogens with zero attached hydrogens (tertiary/aromatic N) is 5. The number of hydrogen-bond acceptors (Lipinski definition) is 6. The number of rotatable bonds is 9. The molecule has 1 heterocycles. The smallest absolute Gasteiger partial charge is 0.256 e.